The largest absolute Gasteiger partial charge is 0.507 e. The molecule has 2 atom stereocenters. The van der Waals surface area contributed by atoms with E-state index in [0.717, 1.165) is 5.39 Å². The Morgan fingerprint density at radius 2 is 1.60 bits per heavy atom. The van der Waals surface area contributed by atoms with Crippen LogP contribution in [0.1, 0.15) is 24.5 Å². The maximum atomic E-state index is 12.3. The van der Waals surface area contributed by atoms with E-state index in [1.807, 2.05) is 54.6 Å². The molecule has 6 nitrogen and oxygen atoms in total. The number of aromatic hydroxyl groups is 1. The Balaban J connectivity index is 1.49. The second-order valence-corrected chi connectivity index (χ2v) is 8.19. The molecule has 0 fully saturated rings. The van der Waals surface area contributed by atoms with Crippen LogP contribution in [0.25, 0.3) is 10.8 Å². The zero-order chi connectivity index (χ0) is 24.6. The van der Waals surface area contributed by atoms with Gasteiger partial charge in [-0.3, -0.25) is 4.79 Å². The summed E-state index contributed by atoms with van der Waals surface area (Å²) in [7, 11) is 0. The van der Waals surface area contributed by atoms with Crippen molar-refractivity contribution in [3.8, 4) is 11.5 Å². The van der Waals surface area contributed by atoms with Gasteiger partial charge in [-0.25, -0.2) is 0 Å². The van der Waals surface area contributed by atoms with Crippen LogP contribution in [0.3, 0.4) is 0 Å². The predicted octanol–water partition coefficient (Wildman–Crippen LogP) is 5.58. The van der Waals surface area contributed by atoms with Crippen LogP contribution in [0.15, 0.2) is 103 Å². The molecular weight excluding hydrogens is 440 g/mol. The molecule has 0 bridgehead atoms. The number of allylic oxidation sites excluding steroid dienone is 1. The summed E-state index contributed by atoms with van der Waals surface area (Å²) in [6.07, 6.45) is 2.63. The van der Waals surface area contributed by atoms with Gasteiger partial charge in [0.15, 0.2) is 0 Å². The third-order valence-corrected chi connectivity index (χ3v) is 5.74. The summed E-state index contributed by atoms with van der Waals surface area (Å²) in [4.78, 5) is 12.3. The minimum absolute atomic E-state index is 0.157. The third kappa shape index (κ3) is 5.99. The fourth-order valence-corrected chi connectivity index (χ4v) is 3.96. The van der Waals surface area contributed by atoms with E-state index in [1.165, 1.54) is 6.08 Å². The maximum Gasteiger partial charge on any atom is 0.248 e. The number of para-hydroxylation sites is 3. The molecule has 0 saturated heterocycles. The van der Waals surface area contributed by atoms with Crippen molar-refractivity contribution in [3.05, 3.63) is 109 Å². The lowest BCUT2D eigenvalue weighted by molar-refractivity contribution is -0.111. The fourth-order valence-electron chi connectivity index (χ4n) is 3.96. The first kappa shape index (κ1) is 23.9. The number of benzene rings is 4. The molecule has 5 N–H and O–H groups in total. The number of nitrogens with two attached hydrogens (primary N) is 1. The molecule has 0 radical (unpaired) electrons. The van der Waals surface area contributed by atoms with E-state index < -0.39 is 12.2 Å². The van der Waals surface area contributed by atoms with Crippen LogP contribution in [0.5, 0.6) is 11.5 Å². The normalized spacial score (nSPS) is 12.9. The predicted molar refractivity (Wildman–Crippen MR) is 139 cm³/mol. The molecule has 0 aromatic heterocycles. The molecule has 0 aliphatic rings. The van der Waals surface area contributed by atoms with Gasteiger partial charge in [0.2, 0.25) is 5.91 Å². The lowest BCUT2D eigenvalue weighted by Crippen LogP contribution is -2.25. The van der Waals surface area contributed by atoms with Gasteiger partial charge in [0.25, 0.3) is 0 Å². The highest BCUT2D eigenvalue weighted by Gasteiger charge is 2.24. The van der Waals surface area contributed by atoms with Crippen molar-refractivity contribution in [2.75, 3.05) is 11.1 Å². The van der Waals surface area contributed by atoms with Crippen LogP contribution in [-0.2, 0) is 4.79 Å². The van der Waals surface area contributed by atoms with Gasteiger partial charge < -0.3 is 26.0 Å². The first-order valence-corrected chi connectivity index (χ1v) is 11.5. The number of anilines is 2. The molecule has 0 aliphatic carbocycles. The summed E-state index contributed by atoms with van der Waals surface area (Å²) in [5.41, 5.74) is 7.60. The summed E-state index contributed by atoms with van der Waals surface area (Å²) in [6.45, 7) is 0. The minimum atomic E-state index is -0.952. The van der Waals surface area contributed by atoms with E-state index in [0.29, 0.717) is 40.9 Å². The van der Waals surface area contributed by atoms with Gasteiger partial charge in [-0.05, 0) is 60.2 Å². The zero-order valence-corrected chi connectivity index (χ0v) is 19.2. The van der Waals surface area contributed by atoms with Gasteiger partial charge in [0.05, 0.1) is 11.4 Å². The fraction of sp³-hybridized carbons (Fsp3) is 0.138. The Kier molecular flexibility index (Phi) is 7.65. The van der Waals surface area contributed by atoms with Crippen LogP contribution in [-0.4, -0.2) is 22.2 Å². The van der Waals surface area contributed by atoms with Crippen molar-refractivity contribution in [1.82, 2.24) is 0 Å². The maximum absolute atomic E-state index is 12.3. The van der Waals surface area contributed by atoms with Crippen LogP contribution < -0.4 is 15.8 Å². The number of amides is 1. The summed E-state index contributed by atoms with van der Waals surface area (Å²) in [6, 6.07) is 27.1. The van der Waals surface area contributed by atoms with Crippen molar-refractivity contribution in [2.24, 2.45) is 0 Å². The second kappa shape index (κ2) is 11.2. The molecular formula is C29H28N2O4. The summed E-state index contributed by atoms with van der Waals surface area (Å²) in [5.74, 6) is 0.513. The van der Waals surface area contributed by atoms with Crippen molar-refractivity contribution in [3.63, 3.8) is 0 Å². The van der Waals surface area contributed by atoms with Crippen LogP contribution in [0, 0.1) is 0 Å². The Hall–Kier alpha value is -4.29. The van der Waals surface area contributed by atoms with Gasteiger partial charge in [-0.15, -0.1) is 0 Å². The van der Waals surface area contributed by atoms with Crippen LogP contribution in [0.2, 0.25) is 0 Å². The van der Waals surface area contributed by atoms with Gasteiger partial charge in [0.1, 0.15) is 23.7 Å². The van der Waals surface area contributed by atoms with E-state index in [2.05, 4.69) is 5.32 Å². The molecule has 0 unspecified atom stereocenters. The van der Waals surface area contributed by atoms with Gasteiger partial charge in [0, 0.05) is 5.39 Å². The quantitative estimate of drug-likeness (QED) is 0.189. The van der Waals surface area contributed by atoms with Gasteiger partial charge in [-0.1, -0.05) is 66.7 Å². The number of aliphatic hydroxyl groups is 1. The van der Waals surface area contributed by atoms with E-state index in [4.69, 9.17) is 10.5 Å². The number of fused-ring (bicyclic) bond motifs is 1. The first-order chi connectivity index (χ1) is 17.0. The number of ether oxygens (including phenoxy) is 1. The van der Waals surface area contributed by atoms with E-state index in [9.17, 15) is 15.0 Å². The Bertz CT molecular complexity index is 1320. The van der Waals surface area contributed by atoms with Crippen molar-refractivity contribution in [2.45, 2.75) is 25.0 Å². The highest BCUT2D eigenvalue weighted by molar-refractivity contribution is 6.01. The number of hydrogen-bond donors (Lipinski definition) is 4. The average Bonchev–Trinajstić information content (AvgIpc) is 2.88. The van der Waals surface area contributed by atoms with Gasteiger partial charge >= 0.3 is 0 Å². The highest BCUT2D eigenvalue weighted by atomic mass is 16.5. The Morgan fingerprint density at radius 3 is 2.37 bits per heavy atom. The lowest BCUT2D eigenvalue weighted by Gasteiger charge is -2.25. The second-order valence-electron chi connectivity index (χ2n) is 8.19. The zero-order valence-electron chi connectivity index (χ0n) is 19.2. The number of aliphatic hydroxyl groups excluding tert-OH is 1. The molecule has 4 aromatic carbocycles. The molecule has 1 amide bonds. The monoisotopic (exact) mass is 468 g/mol. The molecule has 4 rings (SSSR count). The third-order valence-electron chi connectivity index (χ3n) is 5.74. The number of nitrogen functional groups attached to an aromatic ring is 1. The molecule has 0 aliphatic heterocycles. The number of carbonyl (C=O) groups excluding carboxylic acids is 1. The topological polar surface area (TPSA) is 105 Å². The summed E-state index contributed by atoms with van der Waals surface area (Å²) >= 11 is 0. The van der Waals surface area contributed by atoms with E-state index in [1.54, 1.807) is 42.5 Å². The Labute approximate surface area is 204 Å². The van der Waals surface area contributed by atoms with Crippen molar-refractivity contribution >= 4 is 28.1 Å². The lowest BCUT2D eigenvalue weighted by atomic mass is 9.94. The molecule has 6 heteroatoms. The summed E-state index contributed by atoms with van der Waals surface area (Å²) in [5, 5.41) is 25.8. The SMILES string of the molecule is Nc1ccccc1NC(=O)/C=C/CC[C@@H](Oc1ccccc1)[C@H](O)c1ccc(O)c2ccccc12. The number of carbonyl (C=O) groups is 1. The van der Waals surface area contributed by atoms with Crippen LogP contribution >= 0.6 is 0 Å². The number of hydrogen-bond acceptors (Lipinski definition) is 5. The highest BCUT2D eigenvalue weighted by Crippen LogP contribution is 2.34. The molecule has 35 heavy (non-hydrogen) atoms. The van der Waals surface area contributed by atoms with E-state index >= 15 is 0 Å². The smallest absolute Gasteiger partial charge is 0.248 e. The summed E-state index contributed by atoms with van der Waals surface area (Å²) < 4.78 is 6.16. The molecule has 0 spiro atoms. The van der Waals surface area contributed by atoms with Crippen LogP contribution in [0.4, 0.5) is 11.4 Å². The molecule has 4 aromatic rings. The molecule has 0 heterocycles. The number of nitrogens with one attached hydrogen (secondary N) is 1. The van der Waals surface area contributed by atoms with Crippen molar-refractivity contribution in [1.29, 1.82) is 0 Å². The molecule has 178 valence electrons. The number of phenolic OH excluding ortho intramolecular Hbond substituents is 1. The number of rotatable bonds is 9. The minimum Gasteiger partial charge on any atom is -0.507 e. The van der Waals surface area contributed by atoms with Gasteiger partial charge in [-0.2, -0.15) is 0 Å². The average molecular weight is 469 g/mol. The molecule has 0 saturated carbocycles. The van der Waals surface area contributed by atoms with Crippen molar-refractivity contribution < 1.29 is 19.7 Å². The Morgan fingerprint density at radius 1 is 0.914 bits per heavy atom. The first-order valence-electron chi connectivity index (χ1n) is 11.5. The number of phenols is 1. The standard InChI is InChI=1S/C29H28N2O4/c30-24-14-6-7-15-25(24)31-28(33)17-9-8-16-27(35-20-10-2-1-3-11-20)29(34)23-18-19-26(32)22-13-5-4-12-21(22)23/h1-7,9-15,17-19,27,29,32,34H,8,16,30H2,(H,31,33)/b17-9+/t27-,29-/m1/s1. The van der Waals surface area contributed by atoms with E-state index in [-0.39, 0.29) is 11.7 Å².